The van der Waals surface area contributed by atoms with Crippen LogP contribution in [0.4, 0.5) is 13.2 Å². The molecule has 39 heavy (non-hydrogen) atoms. The van der Waals surface area contributed by atoms with Crippen LogP contribution in [0.5, 0.6) is 5.75 Å². The van der Waals surface area contributed by atoms with Gasteiger partial charge < -0.3 is 10.1 Å². The summed E-state index contributed by atoms with van der Waals surface area (Å²) < 4.78 is 44.3. The summed E-state index contributed by atoms with van der Waals surface area (Å²) >= 11 is 0. The molecule has 0 radical (unpaired) electrons. The van der Waals surface area contributed by atoms with Crippen LogP contribution in [0.2, 0.25) is 0 Å². The highest BCUT2D eigenvalue weighted by molar-refractivity contribution is 6.26. The minimum atomic E-state index is -4.11. The lowest BCUT2D eigenvalue weighted by molar-refractivity contribution is -0.135. The van der Waals surface area contributed by atoms with Crippen molar-refractivity contribution in [2.24, 2.45) is 5.41 Å². The maximum Gasteiger partial charge on any atom is 0.389 e. The van der Waals surface area contributed by atoms with Crippen LogP contribution < -0.4 is 10.1 Å². The molecule has 3 aromatic rings. The molecule has 2 aromatic heterocycles. The Labute approximate surface area is 225 Å². The average Bonchev–Trinajstić information content (AvgIpc) is 3.56. The molecule has 3 heterocycles. The van der Waals surface area contributed by atoms with Crippen LogP contribution in [0.1, 0.15) is 82.4 Å². The number of aryl methyl sites for hydroxylation is 1. The highest BCUT2D eigenvalue weighted by Crippen LogP contribution is 2.37. The summed E-state index contributed by atoms with van der Waals surface area (Å²) in [5.41, 5.74) is 2.82. The Bertz CT molecular complexity index is 1260. The first-order valence-corrected chi connectivity index (χ1v) is 13.1. The predicted octanol–water partition coefficient (Wildman–Crippen LogP) is 5.51. The lowest BCUT2D eigenvalue weighted by atomic mass is 9.89. The number of aromatic nitrogens is 6. The SMILES string of the molecule is CC(C)(C)CCn1ccc(C2=C(c3nn[nH]n3)C(=O)NC(c3ccc(OCCCCCC(F)(F)F)cc3)C2)n1. The molecule has 0 saturated heterocycles. The van der Waals surface area contributed by atoms with Crippen LogP contribution in [0.25, 0.3) is 11.1 Å². The summed E-state index contributed by atoms with van der Waals surface area (Å²) in [7, 11) is 0. The van der Waals surface area contributed by atoms with Gasteiger partial charge in [0.2, 0.25) is 5.82 Å². The van der Waals surface area contributed by atoms with Gasteiger partial charge >= 0.3 is 6.18 Å². The standard InChI is InChI=1S/C27H34F3N7O2/c1-26(2,3)13-15-37-14-11-21(34-37)20-17-22(31-25(38)23(20)24-32-35-36-33-24)18-7-9-19(10-8-18)39-16-6-4-5-12-27(28,29)30/h7-11,14,22H,4-6,12-13,15-17H2,1-3H3,(H,31,38)(H,32,33,35,36). The van der Waals surface area contributed by atoms with E-state index in [-0.39, 0.29) is 29.6 Å². The molecule has 1 unspecified atom stereocenters. The second-order valence-electron chi connectivity index (χ2n) is 10.9. The van der Waals surface area contributed by atoms with Crippen molar-refractivity contribution in [1.82, 2.24) is 35.7 Å². The van der Waals surface area contributed by atoms with E-state index in [1.165, 1.54) is 0 Å². The third kappa shape index (κ3) is 8.14. The van der Waals surface area contributed by atoms with Gasteiger partial charge in [0, 0.05) is 19.2 Å². The number of nitrogens with zero attached hydrogens (tertiary/aromatic N) is 5. The zero-order valence-corrected chi connectivity index (χ0v) is 22.4. The van der Waals surface area contributed by atoms with E-state index < -0.39 is 12.6 Å². The van der Waals surface area contributed by atoms with Crippen LogP contribution >= 0.6 is 0 Å². The Morgan fingerprint density at radius 2 is 1.82 bits per heavy atom. The Balaban J connectivity index is 1.44. The number of benzene rings is 1. The van der Waals surface area contributed by atoms with Gasteiger partial charge in [0.1, 0.15) is 5.75 Å². The topological polar surface area (TPSA) is 111 Å². The molecule has 1 aliphatic rings. The molecule has 1 atom stereocenters. The van der Waals surface area contributed by atoms with Gasteiger partial charge in [0.15, 0.2) is 0 Å². The zero-order chi connectivity index (χ0) is 28.0. The molecule has 12 heteroatoms. The molecule has 2 N–H and O–H groups in total. The molecule has 1 aromatic carbocycles. The number of hydrogen-bond donors (Lipinski definition) is 2. The van der Waals surface area contributed by atoms with Crippen LogP contribution in [0, 0.1) is 5.41 Å². The van der Waals surface area contributed by atoms with Gasteiger partial charge in [-0.05, 0) is 72.1 Å². The molecule has 0 spiro atoms. The molecule has 0 aliphatic carbocycles. The number of aromatic amines is 1. The largest absolute Gasteiger partial charge is 0.494 e. The maximum absolute atomic E-state index is 13.3. The van der Waals surface area contributed by atoms with Crippen molar-refractivity contribution in [2.45, 2.75) is 78.1 Å². The van der Waals surface area contributed by atoms with Gasteiger partial charge in [-0.25, -0.2) is 0 Å². The van der Waals surface area contributed by atoms with Crippen molar-refractivity contribution >= 4 is 17.1 Å². The molecule has 210 valence electrons. The number of carbonyl (C=O) groups excluding carboxylic acids is 1. The summed E-state index contributed by atoms with van der Waals surface area (Å²) in [5.74, 6) is 0.521. The number of ether oxygens (including phenoxy) is 1. The van der Waals surface area contributed by atoms with Crippen LogP contribution in [0.3, 0.4) is 0 Å². The number of halogens is 3. The number of alkyl halides is 3. The first kappa shape index (κ1) is 28.3. The Morgan fingerprint density at radius 1 is 1.05 bits per heavy atom. The molecule has 1 aliphatic heterocycles. The van der Waals surface area contributed by atoms with E-state index in [0.29, 0.717) is 42.9 Å². The summed E-state index contributed by atoms with van der Waals surface area (Å²) in [6.45, 7) is 7.64. The molecule has 0 bridgehead atoms. The molecular weight excluding hydrogens is 511 g/mol. The van der Waals surface area contributed by atoms with Gasteiger partial charge in [0.25, 0.3) is 5.91 Å². The van der Waals surface area contributed by atoms with Gasteiger partial charge in [0.05, 0.1) is 23.9 Å². The maximum atomic E-state index is 13.3. The second-order valence-corrected chi connectivity index (χ2v) is 10.9. The van der Waals surface area contributed by atoms with Crippen molar-refractivity contribution in [3.05, 3.63) is 53.6 Å². The molecular formula is C27H34F3N7O2. The Kier molecular flexibility index (Phi) is 8.71. The van der Waals surface area contributed by atoms with E-state index in [1.54, 1.807) is 12.1 Å². The average molecular weight is 546 g/mol. The van der Waals surface area contributed by atoms with Crippen LogP contribution in [0.15, 0.2) is 36.5 Å². The highest BCUT2D eigenvalue weighted by Gasteiger charge is 2.33. The summed E-state index contributed by atoms with van der Waals surface area (Å²) in [6.07, 6.45) is -0.430. The molecule has 1 amide bonds. The van der Waals surface area contributed by atoms with E-state index in [0.717, 1.165) is 24.1 Å². The van der Waals surface area contributed by atoms with Gasteiger partial charge in [-0.3, -0.25) is 9.48 Å². The number of nitrogens with one attached hydrogen (secondary N) is 2. The third-order valence-corrected chi connectivity index (χ3v) is 6.51. The zero-order valence-electron chi connectivity index (χ0n) is 22.4. The molecule has 0 fully saturated rings. The quantitative estimate of drug-likeness (QED) is 0.308. The minimum Gasteiger partial charge on any atom is -0.494 e. The fourth-order valence-electron chi connectivity index (χ4n) is 4.35. The third-order valence-electron chi connectivity index (χ3n) is 6.51. The van der Waals surface area contributed by atoms with Gasteiger partial charge in [-0.2, -0.15) is 23.5 Å². The summed E-state index contributed by atoms with van der Waals surface area (Å²) in [6, 6.07) is 8.96. The van der Waals surface area contributed by atoms with E-state index in [1.807, 2.05) is 29.1 Å². The normalized spacial score (nSPS) is 16.5. The number of H-pyrrole nitrogens is 1. The van der Waals surface area contributed by atoms with E-state index >= 15 is 0 Å². The molecule has 9 nitrogen and oxygen atoms in total. The van der Waals surface area contributed by atoms with Crippen molar-refractivity contribution in [3.8, 4) is 5.75 Å². The first-order chi connectivity index (χ1) is 18.5. The monoisotopic (exact) mass is 545 g/mol. The lowest BCUT2D eigenvalue weighted by Crippen LogP contribution is -2.34. The number of amides is 1. The van der Waals surface area contributed by atoms with E-state index in [9.17, 15) is 18.0 Å². The van der Waals surface area contributed by atoms with Crippen molar-refractivity contribution < 1.29 is 22.7 Å². The van der Waals surface area contributed by atoms with Crippen LogP contribution in [-0.4, -0.2) is 49.1 Å². The molecule has 0 saturated carbocycles. The van der Waals surface area contributed by atoms with E-state index in [4.69, 9.17) is 9.84 Å². The smallest absolute Gasteiger partial charge is 0.389 e. The van der Waals surface area contributed by atoms with Gasteiger partial charge in [-0.15, -0.1) is 10.2 Å². The molecule has 4 rings (SSSR count). The second kappa shape index (κ2) is 12.0. The highest BCUT2D eigenvalue weighted by atomic mass is 19.4. The first-order valence-electron chi connectivity index (χ1n) is 13.1. The number of rotatable bonds is 11. The Morgan fingerprint density at radius 3 is 2.49 bits per heavy atom. The fraction of sp³-hybridized carbons (Fsp3) is 0.519. The van der Waals surface area contributed by atoms with Crippen molar-refractivity contribution in [1.29, 1.82) is 0 Å². The van der Waals surface area contributed by atoms with Gasteiger partial charge in [-0.1, -0.05) is 32.9 Å². The number of unbranched alkanes of at least 4 members (excludes halogenated alkanes) is 2. The number of tetrazole rings is 1. The number of carbonyl (C=O) groups is 1. The summed E-state index contributed by atoms with van der Waals surface area (Å²) in [5, 5.41) is 21.9. The predicted molar refractivity (Wildman–Crippen MR) is 139 cm³/mol. The lowest BCUT2D eigenvalue weighted by Gasteiger charge is -2.27. The number of hydrogen-bond acceptors (Lipinski definition) is 6. The van der Waals surface area contributed by atoms with E-state index in [2.05, 4.69) is 46.7 Å². The Hall–Kier alpha value is -3.70. The van der Waals surface area contributed by atoms with Crippen molar-refractivity contribution in [3.63, 3.8) is 0 Å². The van der Waals surface area contributed by atoms with Crippen LogP contribution in [-0.2, 0) is 11.3 Å². The fourth-order valence-corrected chi connectivity index (χ4v) is 4.35. The minimum absolute atomic E-state index is 0.101. The summed E-state index contributed by atoms with van der Waals surface area (Å²) in [4.78, 5) is 13.3. The van der Waals surface area contributed by atoms with Crippen molar-refractivity contribution in [2.75, 3.05) is 6.61 Å².